The Morgan fingerprint density at radius 3 is 1.65 bits per heavy atom. The number of unbranched alkanes of at least 4 members (excludes halogenated alkanes) is 11. The smallest absolute Gasteiger partial charge is 0.222 e. The first-order valence-electron chi connectivity index (χ1n) is 13.7. The first-order valence-corrected chi connectivity index (χ1v) is 13.7. The van der Waals surface area contributed by atoms with Crippen molar-refractivity contribution in [3.05, 3.63) is 0 Å². The number of ketones is 1. The number of hydrogen-bond acceptors (Lipinski definition) is 3. The quantitative estimate of drug-likeness (QED) is 0.266. The number of likely N-dealkylation sites (tertiary alicyclic amines) is 2. The molecule has 31 heavy (non-hydrogen) atoms. The van der Waals surface area contributed by atoms with Crippen LogP contribution in [0.15, 0.2) is 0 Å². The van der Waals surface area contributed by atoms with Gasteiger partial charge in [0.25, 0.3) is 0 Å². The van der Waals surface area contributed by atoms with Gasteiger partial charge in [-0.1, -0.05) is 84.5 Å². The lowest BCUT2D eigenvalue weighted by Crippen LogP contribution is -2.35. The van der Waals surface area contributed by atoms with Gasteiger partial charge in [-0.15, -0.1) is 0 Å². The molecule has 2 saturated heterocycles. The molecule has 2 aliphatic heterocycles. The summed E-state index contributed by atoms with van der Waals surface area (Å²) >= 11 is 0. The van der Waals surface area contributed by atoms with Gasteiger partial charge in [0.05, 0.1) is 0 Å². The Morgan fingerprint density at radius 2 is 1.10 bits per heavy atom. The van der Waals surface area contributed by atoms with E-state index < -0.39 is 0 Å². The van der Waals surface area contributed by atoms with Crippen molar-refractivity contribution in [2.24, 2.45) is 0 Å². The summed E-state index contributed by atoms with van der Waals surface area (Å²) in [5.41, 5.74) is 0. The number of rotatable bonds is 15. The van der Waals surface area contributed by atoms with Crippen molar-refractivity contribution in [2.75, 3.05) is 32.7 Å². The van der Waals surface area contributed by atoms with Crippen LogP contribution in [0.3, 0.4) is 0 Å². The highest BCUT2D eigenvalue weighted by Crippen LogP contribution is 2.13. The van der Waals surface area contributed by atoms with Gasteiger partial charge in [0.2, 0.25) is 5.91 Å². The van der Waals surface area contributed by atoms with Crippen LogP contribution >= 0.6 is 0 Å². The lowest BCUT2D eigenvalue weighted by Gasteiger charge is -2.26. The van der Waals surface area contributed by atoms with Crippen molar-refractivity contribution in [2.45, 2.75) is 129 Å². The molecule has 0 unspecified atom stereocenters. The second kappa shape index (κ2) is 19.8. The van der Waals surface area contributed by atoms with E-state index in [2.05, 4.69) is 23.6 Å². The molecule has 0 aromatic heterocycles. The Hall–Kier alpha value is -0.900. The average Bonchev–Trinajstić information content (AvgIpc) is 2.78. The summed E-state index contributed by atoms with van der Waals surface area (Å²) in [6, 6.07) is 0. The second-order valence-corrected chi connectivity index (χ2v) is 9.61. The summed E-state index contributed by atoms with van der Waals surface area (Å²) in [4.78, 5) is 27.1. The fourth-order valence-corrected chi connectivity index (χ4v) is 4.50. The van der Waals surface area contributed by atoms with Crippen LogP contribution in [0.25, 0.3) is 0 Å². The molecule has 0 aromatic carbocycles. The molecule has 0 spiro atoms. The molecular formula is C27H52N2O2. The van der Waals surface area contributed by atoms with Gasteiger partial charge in [0.1, 0.15) is 5.78 Å². The lowest BCUT2D eigenvalue weighted by atomic mass is 10.1. The van der Waals surface area contributed by atoms with Crippen molar-refractivity contribution in [1.82, 2.24) is 9.80 Å². The normalized spacial score (nSPS) is 17.5. The van der Waals surface area contributed by atoms with Crippen molar-refractivity contribution >= 4 is 11.7 Å². The number of hydrogen-bond donors (Lipinski definition) is 0. The zero-order valence-electron chi connectivity index (χ0n) is 21.0. The van der Waals surface area contributed by atoms with E-state index in [9.17, 15) is 9.59 Å². The maximum atomic E-state index is 11.5. The topological polar surface area (TPSA) is 40.6 Å². The minimum absolute atomic E-state index is 0.384. The van der Waals surface area contributed by atoms with Crippen molar-refractivity contribution in [3.63, 3.8) is 0 Å². The molecule has 0 radical (unpaired) electrons. The van der Waals surface area contributed by atoms with Crippen LogP contribution in [0.5, 0.6) is 0 Å². The molecule has 4 heteroatoms. The number of carbonyl (C=O) groups excluding carboxylic acids is 2. The van der Waals surface area contributed by atoms with Gasteiger partial charge in [0.15, 0.2) is 0 Å². The van der Waals surface area contributed by atoms with Crippen LogP contribution in [-0.4, -0.2) is 54.2 Å². The van der Waals surface area contributed by atoms with E-state index in [-0.39, 0.29) is 0 Å². The molecule has 0 saturated carbocycles. The Morgan fingerprint density at radius 1 is 0.581 bits per heavy atom. The van der Waals surface area contributed by atoms with Crippen LogP contribution in [0.2, 0.25) is 0 Å². The molecule has 0 aromatic rings. The summed E-state index contributed by atoms with van der Waals surface area (Å²) in [6.45, 7) is 9.74. The van der Waals surface area contributed by atoms with E-state index in [1.807, 2.05) is 0 Å². The van der Waals surface area contributed by atoms with Crippen LogP contribution in [0, 0.1) is 0 Å². The van der Waals surface area contributed by atoms with Gasteiger partial charge < -0.3 is 9.80 Å². The number of piperidine rings is 2. The number of carbonyl (C=O) groups is 2. The van der Waals surface area contributed by atoms with Crippen LogP contribution in [0.1, 0.15) is 129 Å². The monoisotopic (exact) mass is 436 g/mol. The highest BCUT2D eigenvalue weighted by Gasteiger charge is 2.17. The molecule has 2 rings (SSSR count). The highest BCUT2D eigenvalue weighted by atomic mass is 16.2. The summed E-state index contributed by atoms with van der Waals surface area (Å²) in [6.07, 6.45) is 22.2. The zero-order chi connectivity index (χ0) is 22.6. The first-order chi connectivity index (χ1) is 15.2. The fraction of sp³-hybridized carbons (Fsp3) is 0.926. The molecule has 2 aliphatic rings. The van der Waals surface area contributed by atoms with Gasteiger partial charge in [0, 0.05) is 45.4 Å². The van der Waals surface area contributed by atoms with Crippen molar-refractivity contribution in [1.29, 1.82) is 0 Å². The van der Waals surface area contributed by atoms with Crippen LogP contribution < -0.4 is 0 Å². The summed E-state index contributed by atoms with van der Waals surface area (Å²) in [7, 11) is 0. The SMILES string of the molecule is CCCCCCCCCN1CCC(=O)CC1.CCCCCCCCN1CCCCC1=O. The molecule has 4 nitrogen and oxygen atoms in total. The molecular weight excluding hydrogens is 384 g/mol. The first kappa shape index (κ1) is 28.1. The number of nitrogens with zero attached hydrogens (tertiary/aromatic N) is 2. The average molecular weight is 437 g/mol. The third-order valence-electron chi connectivity index (χ3n) is 6.69. The van der Waals surface area contributed by atoms with Crippen LogP contribution in [0.4, 0.5) is 0 Å². The minimum Gasteiger partial charge on any atom is -0.343 e. The van der Waals surface area contributed by atoms with E-state index in [1.165, 1.54) is 96.4 Å². The predicted octanol–water partition coefficient (Wildman–Crippen LogP) is 6.76. The number of amides is 1. The van der Waals surface area contributed by atoms with Crippen LogP contribution in [-0.2, 0) is 9.59 Å². The van der Waals surface area contributed by atoms with Crippen molar-refractivity contribution < 1.29 is 9.59 Å². The van der Waals surface area contributed by atoms with Gasteiger partial charge >= 0.3 is 0 Å². The highest BCUT2D eigenvalue weighted by molar-refractivity contribution is 5.79. The third kappa shape index (κ3) is 15.5. The van der Waals surface area contributed by atoms with E-state index in [4.69, 9.17) is 0 Å². The molecule has 0 aliphatic carbocycles. The molecule has 2 fully saturated rings. The lowest BCUT2D eigenvalue weighted by molar-refractivity contribution is -0.133. The third-order valence-corrected chi connectivity index (χ3v) is 6.69. The van der Waals surface area contributed by atoms with E-state index >= 15 is 0 Å². The summed E-state index contributed by atoms with van der Waals surface area (Å²) < 4.78 is 0. The standard InChI is InChI=1S/C14H27NO.C13H25NO/c1-2-3-4-5-6-7-8-11-15-12-9-14(16)10-13-15;1-2-3-4-5-6-8-11-14-12-9-7-10-13(14)15/h2-13H2,1H3;2-12H2,1H3. The molecule has 0 N–H and O–H groups in total. The zero-order valence-corrected chi connectivity index (χ0v) is 21.0. The number of Topliss-reactive ketones (excluding diaryl/α,β-unsaturated/α-hetero) is 1. The van der Waals surface area contributed by atoms with E-state index in [0.29, 0.717) is 11.7 Å². The second-order valence-electron chi connectivity index (χ2n) is 9.61. The molecule has 1 amide bonds. The summed E-state index contributed by atoms with van der Waals surface area (Å²) in [5, 5.41) is 0. The van der Waals surface area contributed by atoms with Crippen molar-refractivity contribution in [3.8, 4) is 0 Å². The molecule has 182 valence electrons. The van der Waals surface area contributed by atoms with E-state index in [1.54, 1.807) is 0 Å². The molecule has 0 atom stereocenters. The van der Waals surface area contributed by atoms with Gasteiger partial charge in [-0.2, -0.15) is 0 Å². The van der Waals surface area contributed by atoms with Gasteiger partial charge in [-0.3, -0.25) is 9.59 Å². The Labute approximate surface area is 193 Å². The van der Waals surface area contributed by atoms with E-state index in [0.717, 1.165) is 51.9 Å². The van der Waals surface area contributed by atoms with Gasteiger partial charge in [-0.05, 0) is 32.2 Å². The molecule has 2 heterocycles. The Kier molecular flexibility index (Phi) is 17.9. The predicted molar refractivity (Wildman–Crippen MR) is 132 cm³/mol. The minimum atomic E-state index is 0.384. The Bertz CT molecular complexity index is 443. The molecule has 0 bridgehead atoms. The Balaban J connectivity index is 0.000000311. The maximum absolute atomic E-state index is 11.5. The van der Waals surface area contributed by atoms with Gasteiger partial charge in [-0.25, -0.2) is 0 Å². The maximum Gasteiger partial charge on any atom is 0.222 e. The largest absolute Gasteiger partial charge is 0.343 e. The summed E-state index contributed by atoms with van der Waals surface area (Å²) in [5.74, 6) is 0.839. The fourth-order valence-electron chi connectivity index (χ4n) is 4.50.